The molecule has 0 bridgehead atoms. The summed E-state index contributed by atoms with van der Waals surface area (Å²) >= 11 is 0. The third-order valence-corrected chi connectivity index (χ3v) is 9.42. The predicted molar refractivity (Wildman–Crippen MR) is 169 cm³/mol. The summed E-state index contributed by atoms with van der Waals surface area (Å²) in [4.78, 5) is 29.4. The minimum atomic E-state index is -3.60. The monoisotopic (exact) mass is 607 g/mol. The van der Waals surface area contributed by atoms with Crippen molar-refractivity contribution in [1.82, 2.24) is 10.2 Å². The van der Waals surface area contributed by atoms with Crippen molar-refractivity contribution in [3.63, 3.8) is 0 Å². The smallest absolute Gasteiger partial charge is 0.243 e. The maximum Gasteiger partial charge on any atom is 0.243 e. The van der Waals surface area contributed by atoms with E-state index in [-0.39, 0.29) is 49.6 Å². The van der Waals surface area contributed by atoms with E-state index in [1.165, 1.54) is 22.7 Å². The maximum atomic E-state index is 14.0. The molecule has 3 aromatic rings. The van der Waals surface area contributed by atoms with Crippen LogP contribution in [0.3, 0.4) is 0 Å². The summed E-state index contributed by atoms with van der Waals surface area (Å²) in [7, 11) is -3.60. The number of nitrogens with one attached hydrogen (secondary N) is 1. The average molecular weight is 608 g/mol. The number of carbonyl (C=O) groups excluding carboxylic acids is 2. The quantitative estimate of drug-likeness (QED) is 0.271. The molecule has 2 amide bonds. The number of aryl methyl sites for hydroxylation is 1. The van der Waals surface area contributed by atoms with Gasteiger partial charge >= 0.3 is 0 Å². The van der Waals surface area contributed by atoms with Crippen molar-refractivity contribution in [3.05, 3.63) is 101 Å². The van der Waals surface area contributed by atoms with Gasteiger partial charge in [0.25, 0.3) is 0 Å². The van der Waals surface area contributed by atoms with Crippen molar-refractivity contribution in [2.45, 2.75) is 77.4 Å². The highest BCUT2D eigenvalue weighted by molar-refractivity contribution is 7.92. The molecule has 0 spiro atoms. The van der Waals surface area contributed by atoms with Gasteiger partial charge in [-0.05, 0) is 73.6 Å². The molecule has 0 aromatic heterocycles. The highest BCUT2D eigenvalue weighted by Gasteiger charge is 2.32. The second kappa shape index (κ2) is 14.6. The van der Waals surface area contributed by atoms with E-state index >= 15 is 0 Å². The second-order valence-corrected chi connectivity index (χ2v) is 13.4. The molecule has 0 unspecified atom stereocenters. The molecule has 9 heteroatoms. The van der Waals surface area contributed by atoms with Crippen molar-refractivity contribution in [2.75, 3.05) is 17.1 Å². The van der Waals surface area contributed by atoms with E-state index < -0.39 is 16.1 Å². The molecular weight excluding hydrogens is 565 g/mol. The zero-order chi connectivity index (χ0) is 31.0. The molecule has 1 aliphatic carbocycles. The standard InChI is InChI=1S/C34H42FN3O4S/c1-25-11-9-16-31(26(25)2)38(43(3,41)42)22-10-17-33(39)37(24-28-18-20-29(35)21-19-28)32(23-27-12-5-4-6-13-27)34(40)36-30-14-7-8-15-30/h4-6,9,11-13,16,18-21,30,32H,7-8,10,14-15,17,22-24H2,1-3H3,(H,36,40)/t32-/m1/s1. The van der Waals surface area contributed by atoms with Gasteiger partial charge in [-0.1, -0.05) is 67.4 Å². The number of sulfonamides is 1. The maximum absolute atomic E-state index is 14.0. The second-order valence-electron chi connectivity index (χ2n) is 11.5. The summed E-state index contributed by atoms with van der Waals surface area (Å²) in [6, 6.07) is 20.3. The van der Waals surface area contributed by atoms with Crippen LogP contribution in [0.1, 0.15) is 60.8 Å². The van der Waals surface area contributed by atoms with Gasteiger partial charge in [0.15, 0.2) is 0 Å². The SMILES string of the molecule is Cc1cccc(N(CCCC(=O)N(Cc2ccc(F)cc2)[C@H](Cc2ccccc2)C(=O)NC2CCCC2)S(C)(=O)=O)c1C. The first-order chi connectivity index (χ1) is 20.5. The number of halogens is 1. The van der Waals surface area contributed by atoms with Gasteiger partial charge in [-0.2, -0.15) is 0 Å². The van der Waals surface area contributed by atoms with Crippen molar-refractivity contribution in [2.24, 2.45) is 0 Å². The summed E-state index contributed by atoms with van der Waals surface area (Å²) in [5.41, 5.74) is 4.06. The molecule has 3 aromatic carbocycles. The summed E-state index contributed by atoms with van der Waals surface area (Å²) in [6.45, 7) is 4.06. The Morgan fingerprint density at radius 3 is 2.26 bits per heavy atom. The van der Waals surface area contributed by atoms with E-state index in [1.807, 2.05) is 56.3 Å². The predicted octanol–water partition coefficient (Wildman–Crippen LogP) is 5.69. The Morgan fingerprint density at radius 2 is 1.60 bits per heavy atom. The number of carbonyl (C=O) groups is 2. The number of benzene rings is 3. The lowest BCUT2D eigenvalue weighted by Crippen LogP contribution is -2.52. The van der Waals surface area contributed by atoms with Gasteiger partial charge in [0.05, 0.1) is 11.9 Å². The molecule has 0 saturated heterocycles. The Hall–Kier alpha value is -3.72. The van der Waals surface area contributed by atoms with Crippen LogP contribution >= 0.6 is 0 Å². The first-order valence-electron chi connectivity index (χ1n) is 14.9. The van der Waals surface area contributed by atoms with Crippen molar-refractivity contribution in [1.29, 1.82) is 0 Å². The van der Waals surface area contributed by atoms with Crippen LogP contribution in [0.25, 0.3) is 0 Å². The van der Waals surface area contributed by atoms with E-state index in [9.17, 15) is 22.4 Å². The number of nitrogens with zero attached hydrogens (tertiary/aromatic N) is 2. The average Bonchev–Trinajstić information content (AvgIpc) is 3.48. The minimum Gasteiger partial charge on any atom is -0.352 e. The highest BCUT2D eigenvalue weighted by Crippen LogP contribution is 2.26. The van der Waals surface area contributed by atoms with Crippen molar-refractivity contribution < 1.29 is 22.4 Å². The summed E-state index contributed by atoms with van der Waals surface area (Å²) < 4.78 is 40.6. The number of hydrogen-bond acceptors (Lipinski definition) is 4. The molecule has 43 heavy (non-hydrogen) atoms. The number of anilines is 1. The number of rotatable bonds is 13. The van der Waals surface area contributed by atoms with E-state index in [4.69, 9.17) is 0 Å². The van der Waals surface area contributed by atoms with Crippen LogP contribution in [-0.2, 0) is 32.6 Å². The molecule has 1 atom stereocenters. The topological polar surface area (TPSA) is 86.8 Å². The van der Waals surface area contributed by atoms with E-state index in [0.29, 0.717) is 17.7 Å². The molecule has 4 rings (SSSR count). The van der Waals surface area contributed by atoms with Crippen LogP contribution in [0.15, 0.2) is 72.8 Å². The van der Waals surface area contributed by atoms with Crippen LogP contribution < -0.4 is 9.62 Å². The Bertz CT molecular complexity index is 1490. The number of amides is 2. The zero-order valence-electron chi connectivity index (χ0n) is 25.3. The van der Waals surface area contributed by atoms with Crippen LogP contribution in [0.2, 0.25) is 0 Å². The van der Waals surface area contributed by atoms with Gasteiger partial charge in [0.2, 0.25) is 21.8 Å². The molecule has 1 fully saturated rings. The van der Waals surface area contributed by atoms with Crippen LogP contribution in [-0.4, -0.2) is 50.0 Å². The fourth-order valence-electron chi connectivity index (χ4n) is 5.70. The van der Waals surface area contributed by atoms with Crippen LogP contribution in [0.5, 0.6) is 0 Å². The molecule has 1 saturated carbocycles. The minimum absolute atomic E-state index is 0.0417. The first kappa shape index (κ1) is 32.2. The lowest BCUT2D eigenvalue weighted by molar-refractivity contribution is -0.141. The van der Waals surface area contributed by atoms with E-state index in [0.717, 1.165) is 42.4 Å². The summed E-state index contributed by atoms with van der Waals surface area (Å²) in [5.74, 6) is -0.852. The van der Waals surface area contributed by atoms with Crippen LogP contribution in [0, 0.1) is 19.7 Å². The normalized spacial score (nSPS) is 14.3. The molecule has 0 radical (unpaired) electrons. The van der Waals surface area contributed by atoms with Crippen molar-refractivity contribution in [3.8, 4) is 0 Å². The Kier molecular flexibility index (Phi) is 11.0. The van der Waals surface area contributed by atoms with Gasteiger partial charge in [-0.3, -0.25) is 13.9 Å². The summed E-state index contributed by atoms with van der Waals surface area (Å²) in [5, 5.41) is 3.18. The Morgan fingerprint density at radius 1 is 0.930 bits per heavy atom. The first-order valence-corrected chi connectivity index (χ1v) is 16.8. The lowest BCUT2D eigenvalue weighted by Gasteiger charge is -2.33. The van der Waals surface area contributed by atoms with Gasteiger partial charge < -0.3 is 10.2 Å². The molecule has 0 heterocycles. The van der Waals surface area contributed by atoms with Gasteiger partial charge in [0, 0.05) is 32.0 Å². The largest absolute Gasteiger partial charge is 0.352 e. The Balaban J connectivity index is 1.59. The fourth-order valence-corrected chi connectivity index (χ4v) is 6.71. The van der Waals surface area contributed by atoms with Gasteiger partial charge in [-0.25, -0.2) is 12.8 Å². The Labute approximate surface area is 255 Å². The molecule has 1 N–H and O–H groups in total. The fraction of sp³-hybridized carbons (Fsp3) is 0.412. The highest BCUT2D eigenvalue weighted by atomic mass is 32.2. The molecule has 230 valence electrons. The van der Waals surface area contributed by atoms with E-state index in [2.05, 4.69) is 5.32 Å². The van der Waals surface area contributed by atoms with Crippen LogP contribution in [0.4, 0.5) is 10.1 Å². The van der Waals surface area contributed by atoms with Crippen molar-refractivity contribution >= 4 is 27.5 Å². The molecule has 0 aliphatic heterocycles. The van der Waals surface area contributed by atoms with Gasteiger partial charge in [-0.15, -0.1) is 0 Å². The lowest BCUT2D eigenvalue weighted by atomic mass is 10.0. The zero-order valence-corrected chi connectivity index (χ0v) is 26.1. The third kappa shape index (κ3) is 8.89. The summed E-state index contributed by atoms with van der Waals surface area (Å²) in [6.07, 6.45) is 5.74. The third-order valence-electron chi connectivity index (χ3n) is 8.24. The molecule has 1 aliphatic rings. The van der Waals surface area contributed by atoms with E-state index in [1.54, 1.807) is 23.1 Å². The molecular formula is C34H42FN3O4S. The molecule has 7 nitrogen and oxygen atoms in total. The van der Waals surface area contributed by atoms with Gasteiger partial charge in [0.1, 0.15) is 11.9 Å². The number of hydrogen-bond donors (Lipinski definition) is 1.